The van der Waals surface area contributed by atoms with Gasteiger partial charge >= 0.3 is 0 Å². The van der Waals surface area contributed by atoms with Crippen LogP contribution in [0.2, 0.25) is 5.02 Å². The maximum absolute atomic E-state index is 10.8. The minimum atomic E-state index is -1.18. The average molecular weight is 434 g/mol. The van der Waals surface area contributed by atoms with Gasteiger partial charge in [-0.15, -0.1) is 0 Å². The van der Waals surface area contributed by atoms with E-state index in [1.54, 1.807) is 0 Å². The average Bonchev–Trinajstić information content (AvgIpc) is 2.70. The molecule has 0 saturated carbocycles. The van der Waals surface area contributed by atoms with Crippen LogP contribution in [0.1, 0.15) is 43.5 Å². The van der Waals surface area contributed by atoms with Crippen molar-refractivity contribution in [2.75, 3.05) is 19.7 Å². The summed E-state index contributed by atoms with van der Waals surface area (Å²) >= 11 is 6.48. The summed E-state index contributed by atoms with van der Waals surface area (Å²) in [6.07, 6.45) is -2.57. The molecular weight excluding hydrogens is 402 g/mol. The first kappa shape index (κ1) is 23.0. The predicted octanol–water partition coefficient (Wildman–Crippen LogP) is 3.42. The lowest BCUT2D eigenvalue weighted by Crippen LogP contribution is -2.57. The van der Waals surface area contributed by atoms with E-state index in [-0.39, 0.29) is 0 Å². The van der Waals surface area contributed by atoms with E-state index in [1.165, 1.54) is 0 Å². The Balaban J connectivity index is 1.88. The lowest BCUT2D eigenvalue weighted by atomic mass is 9.87. The van der Waals surface area contributed by atoms with Crippen LogP contribution >= 0.6 is 11.6 Å². The number of likely N-dealkylation sites (tertiary alicyclic amines) is 1. The van der Waals surface area contributed by atoms with Crippen LogP contribution < -0.4 is 4.74 Å². The molecule has 30 heavy (non-hydrogen) atoms. The van der Waals surface area contributed by atoms with Crippen LogP contribution in [0.4, 0.5) is 0 Å². The molecule has 2 aromatic rings. The molecular formula is C24H32ClNO4. The summed E-state index contributed by atoms with van der Waals surface area (Å²) in [5.74, 6) is 1.20. The summed E-state index contributed by atoms with van der Waals surface area (Å²) < 4.78 is 5.50. The fraction of sp³-hybridized carbons (Fsp3) is 0.500. The van der Waals surface area contributed by atoms with Gasteiger partial charge in [0.25, 0.3) is 0 Å². The zero-order valence-electron chi connectivity index (χ0n) is 17.8. The molecule has 5 nitrogen and oxygen atoms in total. The highest BCUT2D eigenvalue weighted by atomic mass is 35.5. The fourth-order valence-electron chi connectivity index (χ4n) is 4.16. The van der Waals surface area contributed by atoms with Crippen LogP contribution in [-0.2, 0) is 6.42 Å². The lowest BCUT2D eigenvalue weighted by molar-refractivity contribution is -0.140. The molecule has 2 aromatic carbocycles. The number of aliphatic hydroxyl groups excluding tert-OH is 3. The summed E-state index contributed by atoms with van der Waals surface area (Å²) in [6, 6.07) is 13.3. The largest absolute Gasteiger partial charge is 0.494 e. The van der Waals surface area contributed by atoms with Gasteiger partial charge in [-0.25, -0.2) is 0 Å². The Morgan fingerprint density at radius 2 is 1.77 bits per heavy atom. The highest BCUT2D eigenvalue weighted by molar-refractivity contribution is 6.31. The van der Waals surface area contributed by atoms with Crippen molar-refractivity contribution in [3.8, 4) is 5.75 Å². The molecule has 6 heteroatoms. The third-order valence-electron chi connectivity index (χ3n) is 5.52. The monoisotopic (exact) mass is 433 g/mol. The minimum absolute atomic E-state index is 0.317. The smallest absolute Gasteiger partial charge is 0.119 e. The third kappa shape index (κ3) is 5.34. The Kier molecular flexibility index (Phi) is 7.77. The zero-order valence-corrected chi connectivity index (χ0v) is 18.6. The molecule has 1 heterocycles. The second-order valence-corrected chi connectivity index (χ2v) is 8.85. The Morgan fingerprint density at radius 3 is 2.40 bits per heavy atom. The summed E-state index contributed by atoms with van der Waals surface area (Å²) in [7, 11) is 0. The van der Waals surface area contributed by atoms with Crippen molar-refractivity contribution in [3.05, 3.63) is 64.2 Å². The molecule has 1 saturated heterocycles. The summed E-state index contributed by atoms with van der Waals surface area (Å²) in [5.41, 5.74) is 2.95. The summed E-state index contributed by atoms with van der Waals surface area (Å²) in [4.78, 5) is 2.05. The van der Waals surface area contributed by atoms with Gasteiger partial charge in [-0.2, -0.15) is 0 Å². The number of β-amino-alcohol motifs (C(OH)–C–C–N with tert-alkyl or cyclic N) is 1. The molecule has 0 amide bonds. The number of ether oxygens (including phenoxy) is 1. The van der Waals surface area contributed by atoms with E-state index < -0.39 is 24.4 Å². The SMILES string of the molecule is CCOc1ccc(Cc2cc([C@H]3[C@H](O)[C@@H](O)[C@H](O)CN3CC(C)C)ccc2Cl)cc1. The van der Waals surface area contributed by atoms with Gasteiger partial charge in [0, 0.05) is 18.1 Å². The second-order valence-electron chi connectivity index (χ2n) is 8.45. The topological polar surface area (TPSA) is 73.2 Å². The molecule has 4 atom stereocenters. The number of aliphatic hydroxyl groups is 3. The first-order valence-electron chi connectivity index (χ1n) is 10.6. The molecule has 1 aliphatic rings. The standard InChI is InChI=1S/C24H32ClNO4/c1-4-30-19-8-5-16(6-9-19)11-18-12-17(7-10-20(18)25)22-24(29)23(28)21(27)14-26(22)13-15(2)3/h5-10,12,15,21-24,27-29H,4,11,13-14H2,1-3H3/t21-,22+,23+,24+/m1/s1. The van der Waals surface area contributed by atoms with E-state index in [0.29, 0.717) is 37.1 Å². The van der Waals surface area contributed by atoms with Gasteiger partial charge in [-0.05, 0) is 54.2 Å². The molecule has 0 radical (unpaired) electrons. The number of halogens is 1. The molecule has 0 unspecified atom stereocenters. The summed E-state index contributed by atoms with van der Waals surface area (Å²) in [6.45, 7) is 7.81. The number of nitrogens with zero attached hydrogens (tertiary/aromatic N) is 1. The normalized spacial score (nSPS) is 24.9. The highest BCUT2D eigenvalue weighted by Gasteiger charge is 2.42. The van der Waals surface area contributed by atoms with Gasteiger partial charge in [-0.1, -0.05) is 49.7 Å². The van der Waals surface area contributed by atoms with E-state index in [1.807, 2.05) is 49.4 Å². The van der Waals surface area contributed by atoms with E-state index in [4.69, 9.17) is 16.3 Å². The van der Waals surface area contributed by atoms with Crippen molar-refractivity contribution in [1.29, 1.82) is 0 Å². The predicted molar refractivity (Wildman–Crippen MR) is 119 cm³/mol. The number of benzene rings is 2. The molecule has 3 N–H and O–H groups in total. The number of rotatable bonds is 7. The number of hydrogen-bond acceptors (Lipinski definition) is 5. The van der Waals surface area contributed by atoms with Crippen molar-refractivity contribution in [3.63, 3.8) is 0 Å². The third-order valence-corrected chi connectivity index (χ3v) is 5.89. The van der Waals surface area contributed by atoms with Gasteiger partial charge < -0.3 is 20.1 Å². The van der Waals surface area contributed by atoms with Gasteiger partial charge in [0.2, 0.25) is 0 Å². The van der Waals surface area contributed by atoms with Gasteiger partial charge in [-0.3, -0.25) is 4.90 Å². The van der Waals surface area contributed by atoms with Crippen molar-refractivity contribution in [1.82, 2.24) is 4.90 Å². The molecule has 0 bridgehead atoms. The maximum atomic E-state index is 10.8. The Hall–Kier alpha value is -1.63. The minimum Gasteiger partial charge on any atom is -0.494 e. The Bertz CT molecular complexity index is 826. The molecule has 3 rings (SSSR count). The number of hydrogen-bond donors (Lipinski definition) is 3. The molecule has 164 valence electrons. The van der Waals surface area contributed by atoms with E-state index in [9.17, 15) is 15.3 Å². The van der Waals surface area contributed by atoms with Crippen LogP contribution in [0.3, 0.4) is 0 Å². The van der Waals surface area contributed by atoms with Crippen molar-refractivity contribution in [2.45, 2.75) is 51.5 Å². The first-order chi connectivity index (χ1) is 14.3. The molecule has 0 aromatic heterocycles. The van der Waals surface area contributed by atoms with Gasteiger partial charge in [0.05, 0.1) is 18.8 Å². The van der Waals surface area contributed by atoms with Crippen molar-refractivity contribution >= 4 is 11.6 Å². The van der Waals surface area contributed by atoms with Crippen LogP contribution in [0.15, 0.2) is 42.5 Å². The molecule has 0 spiro atoms. The van der Waals surface area contributed by atoms with Crippen LogP contribution in [0.25, 0.3) is 0 Å². The Morgan fingerprint density at radius 1 is 1.07 bits per heavy atom. The van der Waals surface area contributed by atoms with Crippen molar-refractivity contribution < 1.29 is 20.1 Å². The van der Waals surface area contributed by atoms with E-state index >= 15 is 0 Å². The molecule has 1 fully saturated rings. The van der Waals surface area contributed by atoms with Gasteiger partial charge in [0.1, 0.15) is 18.0 Å². The number of piperidine rings is 1. The fourth-order valence-corrected chi connectivity index (χ4v) is 4.35. The zero-order chi connectivity index (χ0) is 21.8. The Labute approximate surface area is 183 Å². The van der Waals surface area contributed by atoms with Crippen LogP contribution in [-0.4, -0.2) is 58.2 Å². The quantitative estimate of drug-likeness (QED) is 0.624. The molecule has 0 aliphatic carbocycles. The first-order valence-corrected chi connectivity index (χ1v) is 11.0. The maximum Gasteiger partial charge on any atom is 0.119 e. The second kappa shape index (κ2) is 10.1. The van der Waals surface area contributed by atoms with E-state index in [2.05, 4.69) is 18.7 Å². The van der Waals surface area contributed by atoms with Crippen molar-refractivity contribution in [2.24, 2.45) is 5.92 Å². The van der Waals surface area contributed by atoms with E-state index in [0.717, 1.165) is 22.4 Å². The lowest BCUT2D eigenvalue weighted by Gasteiger charge is -2.45. The van der Waals surface area contributed by atoms with Gasteiger partial charge in [0.15, 0.2) is 0 Å². The van der Waals surface area contributed by atoms with Crippen LogP contribution in [0.5, 0.6) is 5.75 Å². The molecule has 1 aliphatic heterocycles. The summed E-state index contributed by atoms with van der Waals surface area (Å²) in [5, 5.41) is 31.9. The highest BCUT2D eigenvalue weighted by Crippen LogP contribution is 2.34. The van der Waals surface area contributed by atoms with Crippen LogP contribution in [0, 0.1) is 5.92 Å².